The van der Waals surface area contributed by atoms with Crippen LogP contribution in [-0.2, 0) is 9.59 Å². The summed E-state index contributed by atoms with van der Waals surface area (Å²) in [7, 11) is 0. The smallest absolute Gasteiger partial charge is 0.222 e. The maximum Gasteiger partial charge on any atom is 0.222 e. The number of carbonyl (C=O) groups excluding carboxylic acids is 2. The second-order valence-electron chi connectivity index (χ2n) is 2.63. The van der Waals surface area contributed by atoms with Gasteiger partial charge < -0.3 is 10.6 Å². The lowest BCUT2D eigenvalue weighted by Crippen LogP contribution is -2.35. The molecule has 1 aliphatic heterocycles. The molecule has 1 rings (SSSR count). The van der Waals surface area contributed by atoms with Gasteiger partial charge in [-0.2, -0.15) is 0 Å². The summed E-state index contributed by atoms with van der Waals surface area (Å²) in [6.07, 6.45) is 0.899. The van der Waals surface area contributed by atoms with E-state index in [0.717, 1.165) is 0 Å². The van der Waals surface area contributed by atoms with Gasteiger partial charge in [0.1, 0.15) is 0 Å². The fourth-order valence-corrected chi connectivity index (χ4v) is 1.04. The minimum Gasteiger partial charge on any atom is -0.354 e. The fourth-order valence-electron chi connectivity index (χ4n) is 1.04. The predicted octanol–water partition coefficient (Wildman–Crippen LogP) is -0.599. The topological polar surface area (TPSA) is 58.2 Å². The molecule has 62 valence electrons. The van der Waals surface area contributed by atoms with Crippen LogP contribution in [0.4, 0.5) is 0 Å². The van der Waals surface area contributed by atoms with Gasteiger partial charge in [-0.05, 0) is 0 Å². The summed E-state index contributed by atoms with van der Waals surface area (Å²) in [5.41, 5.74) is 0. The molecule has 0 aromatic heterocycles. The highest BCUT2D eigenvalue weighted by atomic mass is 16.2. The van der Waals surface area contributed by atoms with Gasteiger partial charge in [0.05, 0.1) is 6.04 Å². The summed E-state index contributed by atoms with van der Waals surface area (Å²) >= 11 is 0. The first-order valence-corrected chi connectivity index (χ1v) is 3.78. The summed E-state index contributed by atoms with van der Waals surface area (Å²) in [6.45, 7) is 2.37. The lowest BCUT2D eigenvalue weighted by molar-refractivity contribution is -0.121. The van der Waals surface area contributed by atoms with Crippen LogP contribution in [0.3, 0.4) is 0 Å². The quantitative estimate of drug-likeness (QED) is 0.561. The van der Waals surface area contributed by atoms with Gasteiger partial charge in [-0.25, -0.2) is 0 Å². The number of hydrogen-bond donors (Lipinski definition) is 2. The summed E-state index contributed by atoms with van der Waals surface area (Å²) in [5, 5.41) is 5.38. The van der Waals surface area contributed by atoms with E-state index in [1.807, 2.05) is 0 Å². The van der Waals surface area contributed by atoms with Crippen molar-refractivity contribution < 1.29 is 9.59 Å². The molecule has 4 heteroatoms. The van der Waals surface area contributed by atoms with Gasteiger partial charge in [-0.1, -0.05) is 6.92 Å². The Kier molecular flexibility index (Phi) is 2.46. The maximum absolute atomic E-state index is 10.8. The maximum atomic E-state index is 10.8. The van der Waals surface area contributed by atoms with Gasteiger partial charge in [0.2, 0.25) is 11.8 Å². The molecule has 4 nitrogen and oxygen atoms in total. The van der Waals surface area contributed by atoms with Crippen LogP contribution in [0.1, 0.15) is 19.8 Å². The Bertz CT molecular complexity index is 179. The molecule has 0 radical (unpaired) electrons. The first kappa shape index (κ1) is 8.04. The van der Waals surface area contributed by atoms with E-state index in [2.05, 4.69) is 10.6 Å². The molecule has 1 atom stereocenters. The van der Waals surface area contributed by atoms with Crippen molar-refractivity contribution in [1.29, 1.82) is 0 Å². The van der Waals surface area contributed by atoms with Crippen LogP contribution in [0.2, 0.25) is 0 Å². The number of amides is 2. The van der Waals surface area contributed by atoms with Gasteiger partial charge in [-0.3, -0.25) is 9.59 Å². The summed E-state index contributed by atoms with van der Waals surface area (Å²) in [4.78, 5) is 21.5. The van der Waals surface area contributed by atoms with Gasteiger partial charge in [0.15, 0.2) is 0 Å². The van der Waals surface area contributed by atoms with Crippen LogP contribution in [-0.4, -0.2) is 24.4 Å². The normalized spacial score (nSPS) is 23.0. The van der Waals surface area contributed by atoms with Crippen LogP contribution in [0, 0.1) is 0 Å². The van der Waals surface area contributed by atoms with E-state index in [4.69, 9.17) is 0 Å². The minimum absolute atomic E-state index is 0.00602. The Morgan fingerprint density at radius 2 is 2.55 bits per heavy atom. The van der Waals surface area contributed by atoms with E-state index in [1.54, 1.807) is 6.92 Å². The minimum atomic E-state index is 0.00602. The van der Waals surface area contributed by atoms with Crippen molar-refractivity contribution in [3.8, 4) is 0 Å². The van der Waals surface area contributed by atoms with Crippen molar-refractivity contribution in [2.24, 2.45) is 0 Å². The average Bonchev–Trinajstić information content (AvgIpc) is 2.35. The molecule has 1 saturated heterocycles. The molecule has 2 N–H and O–H groups in total. The largest absolute Gasteiger partial charge is 0.354 e. The zero-order valence-electron chi connectivity index (χ0n) is 6.52. The SMILES string of the molecule is CCC(=O)NC1CNC(=O)C1. The van der Waals surface area contributed by atoms with Crippen molar-refractivity contribution in [2.75, 3.05) is 6.54 Å². The molecule has 1 heterocycles. The third-order valence-corrected chi connectivity index (χ3v) is 1.66. The second-order valence-corrected chi connectivity index (χ2v) is 2.63. The molecular formula is C7H12N2O2. The Morgan fingerprint density at radius 3 is 3.00 bits per heavy atom. The first-order valence-electron chi connectivity index (χ1n) is 3.78. The Labute approximate surface area is 65.3 Å². The number of carbonyl (C=O) groups is 2. The van der Waals surface area contributed by atoms with Gasteiger partial charge in [-0.15, -0.1) is 0 Å². The van der Waals surface area contributed by atoms with Crippen molar-refractivity contribution in [2.45, 2.75) is 25.8 Å². The molecule has 1 fully saturated rings. The van der Waals surface area contributed by atoms with Gasteiger partial charge in [0, 0.05) is 19.4 Å². The van der Waals surface area contributed by atoms with Crippen LogP contribution in [0.25, 0.3) is 0 Å². The standard InChI is InChI=1S/C7H12N2O2/c1-2-6(10)9-5-3-7(11)8-4-5/h5H,2-4H2,1H3,(H,8,11)(H,9,10). The van der Waals surface area contributed by atoms with Crippen LogP contribution in [0.5, 0.6) is 0 Å². The molecule has 1 aliphatic rings. The van der Waals surface area contributed by atoms with E-state index in [-0.39, 0.29) is 17.9 Å². The highest BCUT2D eigenvalue weighted by Crippen LogP contribution is 1.98. The number of rotatable bonds is 2. The number of nitrogens with one attached hydrogen (secondary N) is 2. The lowest BCUT2D eigenvalue weighted by atomic mass is 10.2. The summed E-state index contributed by atoms with van der Waals surface area (Å²) in [5.74, 6) is 0.0258. The second kappa shape index (κ2) is 3.37. The van der Waals surface area contributed by atoms with Crippen molar-refractivity contribution in [3.63, 3.8) is 0 Å². The molecule has 1 unspecified atom stereocenters. The monoisotopic (exact) mass is 156 g/mol. The lowest BCUT2D eigenvalue weighted by Gasteiger charge is -2.07. The average molecular weight is 156 g/mol. The first-order chi connectivity index (χ1) is 5.22. The van der Waals surface area contributed by atoms with E-state index in [0.29, 0.717) is 19.4 Å². The van der Waals surface area contributed by atoms with Gasteiger partial charge in [0.25, 0.3) is 0 Å². The zero-order valence-corrected chi connectivity index (χ0v) is 6.52. The fraction of sp³-hybridized carbons (Fsp3) is 0.714. The molecule has 0 spiro atoms. The third-order valence-electron chi connectivity index (χ3n) is 1.66. The molecule has 0 aromatic carbocycles. The Hall–Kier alpha value is -1.06. The van der Waals surface area contributed by atoms with Crippen molar-refractivity contribution in [1.82, 2.24) is 10.6 Å². The van der Waals surface area contributed by atoms with E-state index in [9.17, 15) is 9.59 Å². The summed E-state index contributed by atoms with van der Waals surface area (Å²) in [6, 6.07) is 0.00921. The molecule has 0 aliphatic carbocycles. The molecule has 11 heavy (non-hydrogen) atoms. The van der Waals surface area contributed by atoms with E-state index < -0.39 is 0 Å². The Morgan fingerprint density at radius 1 is 1.82 bits per heavy atom. The molecule has 2 amide bonds. The zero-order chi connectivity index (χ0) is 8.27. The summed E-state index contributed by atoms with van der Waals surface area (Å²) < 4.78 is 0. The highest BCUT2D eigenvalue weighted by molar-refractivity contribution is 5.81. The van der Waals surface area contributed by atoms with Crippen molar-refractivity contribution >= 4 is 11.8 Å². The third kappa shape index (κ3) is 2.22. The van der Waals surface area contributed by atoms with Crippen LogP contribution >= 0.6 is 0 Å². The van der Waals surface area contributed by atoms with Crippen LogP contribution < -0.4 is 10.6 Å². The number of hydrogen-bond acceptors (Lipinski definition) is 2. The molecule has 0 saturated carbocycles. The van der Waals surface area contributed by atoms with E-state index in [1.165, 1.54) is 0 Å². The molecule has 0 aromatic rings. The predicted molar refractivity (Wildman–Crippen MR) is 39.8 cm³/mol. The van der Waals surface area contributed by atoms with Gasteiger partial charge >= 0.3 is 0 Å². The highest BCUT2D eigenvalue weighted by Gasteiger charge is 2.21. The molecule has 0 bridgehead atoms. The molecular weight excluding hydrogens is 144 g/mol. The Balaban J connectivity index is 2.28. The van der Waals surface area contributed by atoms with Crippen molar-refractivity contribution in [3.05, 3.63) is 0 Å². The van der Waals surface area contributed by atoms with Crippen LogP contribution in [0.15, 0.2) is 0 Å². The van der Waals surface area contributed by atoms with E-state index >= 15 is 0 Å².